The summed E-state index contributed by atoms with van der Waals surface area (Å²) in [5, 5.41) is 22.4. The minimum atomic E-state index is -0.589. The molecule has 1 heterocycles. The number of Topliss-reactive ketones (excluding diaryl/α,β-unsaturated/α-hetero) is 1. The molecule has 4 rings (SSSR count). The highest BCUT2D eigenvalue weighted by molar-refractivity contribution is 7.21. The van der Waals surface area contributed by atoms with Gasteiger partial charge < -0.3 is 9.84 Å². The number of benzene rings is 3. The molecule has 0 saturated heterocycles. The topological polar surface area (TPSA) is 103 Å². The number of aromatic nitrogens is 1. The van der Waals surface area contributed by atoms with Gasteiger partial charge in [0.2, 0.25) is 0 Å². The maximum absolute atomic E-state index is 12.6. The number of methoxy groups -OCH3 is 1. The third kappa shape index (κ3) is 3.72. The zero-order chi connectivity index (χ0) is 21.3. The lowest BCUT2D eigenvalue weighted by molar-refractivity contribution is -0.385. The number of ketones is 1. The fraction of sp³-hybridized carbons (Fsp3) is 0.0909. The molecule has 0 bridgehead atoms. The van der Waals surface area contributed by atoms with Gasteiger partial charge in [0, 0.05) is 18.1 Å². The number of nitro benzene ring substituents is 1. The van der Waals surface area contributed by atoms with Crippen LogP contribution in [0.1, 0.15) is 15.9 Å². The Kier molecular flexibility index (Phi) is 5.16. The van der Waals surface area contributed by atoms with Crippen molar-refractivity contribution in [3.8, 4) is 22.1 Å². The van der Waals surface area contributed by atoms with Crippen molar-refractivity contribution in [2.45, 2.75) is 6.42 Å². The van der Waals surface area contributed by atoms with Crippen LogP contribution >= 0.6 is 11.3 Å². The predicted octanol–water partition coefficient (Wildman–Crippen LogP) is 5.01. The minimum Gasteiger partial charge on any atom is -0.507 e. The van der Waals surface area contributed by atoms with Gasteiger partial charge in [-0.25, -0.2) is 4.98 Å². The van der Waals surface area contributed by atoms with Gasteiger partial charge >= 0.3 is 5.69 Å². The highest BCUT2D eigenvalue weighted by Gasteiger charge is 2.19. The number of phenolic OH excluding ortho intramolecular Hbond substituents is 1. The molecule has 0 unspecified atom stereocenters. The summed E-state index contributed by atoms with van der Waals surface area (Å²) in [6.07, 6.45) is -0.00281. The average molecular weight is 420 g/mol. The van der Waals surface area contributed by atoms with Crippen molar-refractivity contribution in [2.24, 2.45) is 0 Å². The summed E-state index contributed by atoms with van der Waals surface area (Å²) < 4.78 is 5.98. The van der Waals surface area contributed by atoms with Crippen molar-refractivity contribution in [2.75, 3.05) is 7.11 Å². The number of fused-ring (bicyclic) bond motifs is 1. The summed E-state index contributed by atoms with van der Waals surface area (Å²) >= 11 is 1.48. The highest BCUT2D eigenvalue weighted by atomic mass is 32.1. The molecule has 0 aliphatic rings. The molecule has 3 aromatic carbocycles. The Labute approximate surface area is 175 Å². The van der Waals surface area contributed by atoms with Crippen molar-refractivity contribution in [3.63, 3.8) is 0 Å². The first-order chi connectivity index (χ1) is 14.5. The number of nitro groups is 1. The second-order valence-corrected chi connectivity index (χ2v) is 7.61. The van der Waals surface area contributed by atoms with E-state index in [2.05, 4.69) is 4.98 Å². The number of hydrogen-bond acceptors (Lipinski definition) is 7. The molecule has 150 valence electrons. The molecule has 1 aromatic heterocycles. The van der Waals surface area contributed by atoms with Crippen molar-refractivity contribution in [1.82, 2.24) is 4.98 Å². The molecule has 0 spiro atoms. The molecule has 0 fully saturated rings. The minimum absolute atomic E-state index is 0.00281. The van der Waals surface area contributed by atoms with Crippen molar-refractivity contribution >= 4 is 33.0 Å². The first-order valence-electron chi connectivity index (χ1n) is 8.99. The second kappa shape index (κ2) is 7.92. The molecular weight excluding hydrogens is 404 g/mol. The van der Waals surface area contributed by atoms with Crippen LogP contribution in [0.5, 0.6) is 11.5 Å². The Balaban J connectivity index is 1.58. The number of nitrogens with zero attached hydrogens (tertiary/aromatic N) is 2. The van der Waals surface area contributed by atoms with Crippen LogP contribution in [0, 0.1) is 10.1 Å². The van der Waals surface area contributed by atoms with Crippen LogP contribution in [0.3, 0.4) is 0 Å². The Morgan fingerprint density at radius 2 is 1.97 bits per heavy atom. The Morgan fingerprint density at radius 3 is 2.67 bits per heavy atom. The molecule has 0 radical (unpaired) electrons. The molecule has 1 N–H and O–H groups in total. The van der Waals surface area contributed by atoms with Crippen LogP contribution < -0.4 is 4.74 Å². The van der Waals surface area contributed by atoms with Gasteiger partial charge in [0.15, 0.2) is 11.5 Å². The number of carbonyl (C=O) groups is 1. The van der Waals surface area contributed by atoms with E-state index in [1.165, 1.54) is 42.7 Å². The first kappa shape index (κ1) is 19.5. The molecule has 0 saturated carbocycles. The number of hydrogen-bond donors (Lipinski definition) is 1. The summed E-state index contributed by atoms with van der Waals surface area (Å²) in [6.45, 7) is 0. The fourth-order valence-corrected chi connectivity index (χ4v) is 4.15. The molecule has 7 nitrogen and oxygen atoms in total. The maximum Gasteiger partial charge on any atom is 0.311 e. The van der Waals surface area contributed by atoms with Crippen LogP contribution in [0.15, 0.2) is 60.7 Å². The maximum atomic E-state index is 12.6. The number of phenols is 1. The van der Waals surface area contributed by atoms with Gasteiger partial charge in [-0.2, -0.15) is 0 Å². The van der Waals surface area contributed by atoms with Gasteiger partial charge in [-0.15, -0.1) is 11.3 Å². The van der Waals surface area contributed by atoms with E-state index in [0.29, 0.717) is 16.1 Å². The van der Waals surface area contributed by atoms with Crippen LogP contribution in [-0.4, -0.2) is 27.9 Å². The number of thiazole rings is 1. The molecule has 0 amide bonds. The van der Waals surface area contributed by atoms with Gasteiger partial charge in [0.05, 0.1) is 27.8 Å². The van der Waals surface area contributed by atoms with E-state index in [0.717, 1.165) is 10.2 Å². The van der Waals surface area contributed by atoms with E-state index in [1.54, 1.807) is 12.1 Å². The highest BCUT2D eigenvalue weighted by Crippen LogP contribution is 2.36. The van der Waals surface area contributed by atoms with Crippen LogP contribution in [-0.2, 0) is 6.42 Å². The SMILES string of the molecule is COc1ccc(C(=O)Cc2ccc(-c3nc4ccccc4s3)c(O)c2)cc1[N+](=O)[O-]. The smallest absolute Gasteiger partial charge is 0.311 e. The summed E-state index contributed by atoms with van der Waals surface area (Å²) in [5.41, 5.74) is 1.99. The summed E-state index contributed by atoms with van der Waals surface area (Å²) in [6, 6.07) is 16.8. The van der Waals surface area contributed by atoms with Crippen molar-refractivity contribution < 1.29 is 19.6 Å². The number of carbonyl (C=O) groups excluding carboxylic acids is 1. The standard InChI is InChI=1S/C22H16N2O5S/c1-29-20-9-7-14(12-17(20)24(27)28)18(25)10-13-6-8-15(19(26)11-13)22-23-16-4-2-3-5-21(16)30-22/h2-9,11-12,26H,10H2,1H3. The lowest BCUT2D eigenvalue weighted by Crippen LogP contribution is -2.05. The summed E-state index contributed by atoms with van der Waals surface area (Å²) in [5.74, 6) is -0.178. The van der Waals surface area contributed by atoms with Gasteiger partial charge in [-0.1, -0.05) is 18.2 Å². The van der Waals surface area contributed by atoms with Crippen molar-refractivity contribution in [1.29, 1.82) is 0 Å². The van der Waals surface area contributed by atoms with E-state index in [4.69, 9.17) is 4.74 Å². The molecule has 0 atom stereocenters. The van der Waals surface area contributed by atoms with E-state index in [-0.39, 0.29) is 35.0 Å². The lowest BCUT2D eigenvalue weighted by atomic mass is 10.0. The Bertz CT molecular complexity index is 1250. The number of aromatic hydroxyl groups is 1. The van der Waals surface area contributed by atoms with Gasteiger partial charge in [0.25, 0.3) is 0 Å². The summed E-state index contributed by atoms with van der Waals surface area (Å²) in [4.78, 5) is 27.7. The monoisotopic (exact) mass is 420 g/mol. The second-order valence-electron chi connectivity index (χ2n) is 6.58. The largest absolute Gasteiger partial charge is 0.507 e. The lowest BCUT2D eigenvalue weighted by Gasteiger charge is -2.07. The molecule has 4 aromatic rings. The number of rotatable bonds is 6. The summed E-state index contributed by atoms with van der Waals surface area (Å²) in [7, 11) is 1.33. The van der Waals surface area contributed by atoms with Gasteiger partial charge in [-0.3, -0.25) is 14.9 Å². The van der Waals surface area contributed by atoms with E-state index in [9.17, 15) is 20.0 Å². The Hall–Kier alpha value is -3.78. The van der Waals surface area contributed by atoms with Gasteiger partial charge in [-0.05, 0) is 42.0 Å². The molecule has 8 heteroatoms. The normalized spacial score (nSPS) is 10.8. The molecule has 0 aliphatic carbocycles. The number of ether oxygens (including phenoxy) is 1. The molecule has 0 aliphatic heterocycles. The zero-order valence-electron chi connectivity index (χ0n) is 15.9. The average Bonchev–Trinajstić information content (AvgIpc) is 3.17. The van der Waals surface area contributed by atoms with Crippen LogP contribution in [0.25, 0.3) is 20.8 Å². The third-order valence-corrected chi connectivity index (χ3v) is 5.72. The van der Waals surface area contributed by atoms with Crippen LogP contribution in [0.4, 0.5) is 5.69 Å². The van der Waals surface area contributed by atoms with E-state index < -0.39 is 4.92 Å². The van der Waals surface area contributed by atoms with Crippen LogP contribution in [0.2, 0.25) is 0 Å². The van der Waals surface area contributed by atoms with Crippen molar-refractivity contribution in [3.05, 3.63) is 81.9 Å². The van der Waals surface area contributed by atoms with E-state index in [1.807, 2.05) is 24.3 Å². The van der Waals surface area contributed by atoms with E-state index >= 15 is 0 Å². The first-order valence-corrected chi connectivity index (χ1v) is 9.81. The quantitative estimate of drug-likeness (QED) is 0.267. The Morgan fingerprint density at radius 1 is 1.17 bits per heavy atom. The fourth-order valence-electron chi connectivity index (χ4n) is 3.15. The third-order valence-electron chi connectivity index (χ3n) is 4.65. The zero-order valence-corrected chi connectivity index (χ0v) is 16.7. The molecular formula is C22H16N2O5S. The number of para-hydroxylation sites is 1. The molecule has 30 heavy (non-hydrogen) atoms. The predicted molar refractivity (Wildman–Crippen MR) is 114 cm³/mol. The van der Waals surface area contributed by atoms with Gasteiger partial charge in [0.1, 0.15) is 10.8 Å².